The first-order valence-electron chi connectivity index (χ1n) is 5.79. The number of ketones is 1. The Kier molecular flexibility index (Phi) is 8.45. The molecule has 0 fully saturated rings. The number of carbonyl (C=O) groups is 2. The van der Waals surface area contributed by atoms with Gasteiger partial charge in [-0.15, -0.1) is 13.2 Å². The van der Waals surface area contributed by atoms with Crippen molar-refractivity contribution in [2.24, 2.45) is 0 Å². The van der Waals surface area contributed by atoms with Crippen molar-refractivity contribution in [2.75, 3.05) is 6.61 Å². The number of hydrogen-bond donors (Lipinski definition) is 0. The largest absolute Gasteiger partial charge is 1.00 e. The molecule has 0 heterocycles. The molecule has 5 nitrogen and oxygen atoms in total. The van der Waals surface area contributed by atoms with Crippen LogP contribution in [0, 0.1) is 0 Å². The molecule has 0 amide bonds. The fourth-order valence-electron chi connectivity index (χ4n) is 1.36. The van der Waals surface area contributed by atoms with Crippen LogP contribution in [0.5, 0.6) is 5.75 Å². The van der Waals surface area contributed by atoms with Crippen LogP contribution in [0.25, 0.3) is 5.76 Å². The number of carbonyl (C=O) groups excluding carboxylic acids is 2. The molecule has 10 heteroatoms. The number of benzene rings is 1. The van der Waals surface area contributed by atoms with Gasteiger partial charge in [-0.2, -0.15) is 0 Å². The normalized spacial score (nSPS) is 11.4. The third-order valence-electron chi connectivity index (χ3n) is 2.13. The number of alkyl halides is 3. The van der Waals surface area contributed by atoms with E-state index in [1.807, 2.05) is 0 Å². The molecule has 0 unspecified atom stereocenters. The molecule has 0 aliphatic carbocycles. The quantitative estimate of drug-likeness (QED) is 0.217. The van der Waals surface area contributed by atoms with Gasteiger partial charge in [0.1, 0.15) is 5.75 Å². The minimum atomic E-state index is -4.93. The van der Waals surface area contributed by atoms with E-state index in [4.69, 9.17) is 0 Å². The molecule has 23 heavy (non-hydrogen) atoms. The van der Waals surface area contributed by atoms with E-state index in [2.05, 4.69) is 25.4 Å². The van der Waals surface area contributed by atoms with Gasteiger partial charge in [-0.25, -0.2) is 4.79 Å². The Morgan fingerprint density at radius 1 is 1.30 bits per heavy atom. The van der Waals surface area contributed by atoms with Gasteiger partial charge in [-0.05, 0) is 36.8 Å². The molecule has 0 spiro atoms. The molecule has 1 aromatic rings. The van der Waals surface area contributed by atoms with Crippen LogP contribution in [0.2, 0.25) is 0 Å². The fourth-order valence-corrected chi connectivity index (χ4v) is 1.83. The Labute approximate surface area is 149 Å². The van der Waals surface area contributed by atoms with Gasteiger partial charge in [0.15, 0.2) is 0 Å². The number of rotatable bonds is 5. The van der Waals surface area contributed by atoms with Gasteiger partial charge in [0.05, 0.1) is 6.61 Å². The Balaban J connectivity index is 0.00000484. The van der Waals surface area contributed by atoms with Gasteiger partial charge < -0.3 is 14.6 Å². The van der Waals surface area contributed by atoms with E-state index in [1.54, 1.807) is 0 Å². The minimum Gasteiger partial charge on any atom is -0.872 e. The summed E-state index contributed by atoms with van der Waals surface area (Å²) in [4.78, 5) is 22.4. The third kappa shape index (κ3) is 7.59. The summed E-state index contributed by atoms with van der Waals surface area (Å²) in [6.45, 7) is 1.43. The second kappa shape index (κ2) is 9.01. The van der Waals surface area contributed by atoms with Crippen LogP contribution in [-0.4, -0.2) is 24.7 Å². The van der Waals surface area contributed by atoms with E-state index in [9.17, 15) is 27.9 Å². The molecular weight excluding hydrogens is 380 g/mol. The standard InChI is InChI=1S/C13H10BrF3O5.Li/c1-2-21-12(20)11(19)6-10(18)7-3-8(14)5-9(4-7)22-13(15,16)17;/h3-6,18H,2H2,1H3;/q;+1/p-1. The van der Waals surface area contributed by atoms with Crippen molar-refractivity contribution >= 4 is 33.4 Å². The van der Waals surface area contributed by atoms with Crippen LogP contribution in [-0.2, 0) is 14.3 Å². The molecule has 0 saturated carbocycles. The summed E-state index contributed by atoms with van der Waals surface area (Å²) in [6.07, 6.45) is -4.48. The minimum absolute atomic E-state index is 0. The zero-order chi connectivity index (χ0) is 16.9. The number of hydrogen-bond acceptors (Lipinski definition) is 5. The average Bonchev–Trinajstić information content (AvgIpc) is 2.35. The zero-order valence-electron chi connectivity index (χ0n) is 12.1. The molecule has 0 aromatic heterocycles. The Hall–Kier alpha value is -1.43. The third-order valence-corrected chi connectivity index (χ3v) is 2.59. The van der Waals surface area contributed by atoms with Crippen molar-refractivity contribution in [1.29, 1.82) is 0 Å². The van der Waals surface area contributed by atoms with Crippen molar-refractivity contribution < 1.29 is 56.2 Å². The van der Waals surface area contributed by atoms with Gasteiger partial charge >= 0.3 is 31.2 Å². The molecule has 0 radical (unpaired) electrons. The molecule has 0 aliphatic heterocycles. The maximum Gasteiger partial charge on any atom is 1.00 e. The maximum atomic E-state index is 12.2. The van der Waals surface area contributed by atoms with E-state index in [1.165, 1.54) is 13.0 Å². The zero-order valence-corrected chi connectivity index (χ0v) is 13.7. The molecule has 0 bridgehead atoms. The van der Waals surface area contributed by atoms with E-state index in [-0.39, 0.29) is 35.5 Å². The summed E-state index contributed by atoms with van der Waals surface area (Å²) in [5.74, 6) is -4.02. The first-order chi connectivity index (χ1) is 10.1. The van der Waals surface area contributed by atoms with E-state index < -0.39 is 29.6 Å². The van der Waals surface area contributed by atoms with E-state index in [0.717, 1.165) is 12.1 Å². The predicted octanol–water partition coefficient (Wildman–Crippen LogP) is -0.815. The summed E-state index contributed by atoms with van der Waals surface area (Å²) in [7, 11) is 0. The molecular formula is C13H9BrF3LiO5. The SMILES string of the molecule is CCOC(=O)C(=O)C=C([O-])c1cc(Br)cc(OC(F)(F)F)c1.[Li+]. The van der Waals surface area contributed by atoms with Gasteiger partial charge in [-0.1, -0.05) is 21.7 Å². The predicted molar refractivity (Wildman–Crippen MR) is 70.4 cm³/mol. The Morgan fingerprint density at radius 2 is 1.91 bits per heavy atom. The Morgan fingerprint density at radius 3 is 2.43 bits per heavy atom. The summed E-state index contributed by atoms with van der Waals surface area (Å²) >= 11 is 2.92. The molecule has 0 atom stereocenters. The number of esters is 1. The van der Waals surface area contributed by atoms with Crippen molar-refractivity contribution in [2.45, 2.75) is 13.3 Å². The maximum absolute atomic E-state index is 12.2. The molecule has 1 rings (SSSR count). The van der Waals surface area contributed by atoms with E-state index >= 15 is 0 Å². The van der Waals surface area contributed by atoms with Crippen LogP contribution in [0.1, 0.15) is 12.5 Å². The van der Waals surface area contributed by atoms with Crippen molar-refractivity contribution in [3.63, 3.8) is 0 Å². The molecule has 0 saturated heterocycles. The second-order valence-corrected chi connectivity index (χ2v) is 4.73. The summed E-state index contributed by atoms with van der Waals surface area (Å²) in [5, 5.41) is 11.8. The molecule has 0 aliphatic rings. The van der Waals surface area contributed by atoms with Gasteiger partial charge in [0, 0.05) is 4.47 Å². The van der Waals surface area contributed by atoms with Crippen LogP contribution in [0.4, 0.5) is 13.2 Å². The monoisotopic (exact) mass is 388 g/mol. The second-order valence-electron chi connectivity index (χ2n) is 3.82. The van der Waals surface area contributed by atoms with Gasteiger partial charge in [-0.3, -0.25) is 4.79 Å². The first-order valence-corrected chi connectivity index (χ1v) is 6.58. The molecule has 1 aromatic carbocycles. The van der Waals surface area contributed by atoms with Crippen molar-refractivity contribution in [1.82, 2.24) is 0 Å². The van der Waals surface area contributed by atoms with Crippen LogP contribution >= 0.6 is 15.9 Å². The van der Waals surface area contributed by atoms with Crippen molar-refractivity contribution in [3.05, 3.63) is 34.3 Å². The van der Waals surface area contributed by atoms with Crippen LogP contribution in [0.3, 0.4) is 0 Å². The number of ether oxygens (including phenoxy) is 2. The van der Waals surface area contributed by atoms with E-state index in [0.29, 0.717) is 6.08 Å². The van der Waals surface area contributed by atoms with Crippen LogP contribution in [0.15, 0.2) is 28.7 Å². The average molecular weight is 389 g/mol. The fraction of sp³-hybridized carbons (Fsp3) is 0.231. The van der Waals surface area contributed by atoms with Gasteiger partial charge in [0.25, 0.3) is 5.78 Å². The van der Waals surface area contributed by atoms with Gasteiger partial charge in [0.2, 0.25) is 0 Å². The smallest absolute Gasteiger partial charge is 0.872 e. The molecule has 120 valence electrons. The Bertz CT molecular complexity index is 616. The molecule has 0 N–H and O–H groups in total. The topological polar surface area (TPSA) is 75.7 Å². The number of halogens is 4. The van der Waals surface area contributed by atoms with Crippen molar-refractivity contribution in [3.8, 4) is 5.75 Å². The summed E-state index contributed by atoms with van der Waals surface area (Å²) in [5.41, 5.74) is -0.258. The summed E-state index contributed by atoms with van der Waals surface area (Å²) in [6, 6.07) is 2.98. The van der Waals surface area contributed by atoms with Crippen LogP contribution < -0.4 is 28.7 Å². The summed E-state index contributed by atoms with van der Waals surface area (Å²) < 4.78 is 44.7. The first kappa shape index (κ1) is 21.6.